The number of nitrogens with two attached hydrogens (primary N) is 1. The number of hydrogen-bond donors (Lipinski definition) is 2. The zero-order chi connectivity index (χ0) is 16.3. The Bertz CT molecular complexity index is 575. The standard InChI is InChI=1S/C16H22FN3O2/c1-10(18)15-5-3-4-8-20(15)16(22)13-9-12(19-11(2)21)6-7-14(13)17/h6-7,9-10,15H,3-5,8,18H2,1-2H3,(H,19,21). The summed E-state index contributed by atoms with van der Waals surface area (Å²) < 4.78 is 14.0. The van der Waals surface area contributed by atoms with Gasteiger partial charge in [0.05, 0.1) is 5.56 Å². The molecule has 0 bridgehead atoms. The van der Waals surface area contributed by atoms with E-state index < -0.39 is 5.82 Å². The number of carbonyl (C=O) groups excluding carboxylic acids is 2. The predicted molar refractivity (Wildman–Crippen MR) is 83.0 cm³/mol. The molecule has 0 aliphatic carbocycles. The van der Waals surface area contributed by atoms with Crippen LogP contribution in [0.4, 0.5) is 10.1 Å². The van der Waals surface area contributed by atoms with E-state index in [4.69, 9.17) is 5.73 Å². The molecule has 1 saturated heterocycles. The Hall–Kier alpha value is -1.95. The van der Waals surface area contributed by atoms with Crippen LogP contribution in [-0.2, 0) is 4.79 Å². The average molecular weight is 307 g/mol. The molecule has 1 aliphatic heterocycles. The van der Waals surface area contributed by atoms with E-state index in [2.05, 4.69) is 5.32 Å². The quantitative estimate of drug-likeness (QED) is 0.898. The lowest BCUT2D eigenvalue weighted by Gasteiger charge is -2.38. The largest absolute Gasteiger partial charge is 0.334 e. The monoisotopic (exact) mass is 307 g/mol. The Labute approximate surface area is 129 Å². The van der Waals surface area contributed by atoms with E-state index in [9.17, 15) is 14.0 Å². The summed E-state index contributed by atoms with van der Waals surface area (Å²) in [6.07, 6.45) is 2.74. The topological polar surface area (TPSA) is 75.4 Å². The van der Waals surface area contributed by atoms with Gasteiger partial charge < -0.3 is 16.0 Å². The van der Waals surface area contributed by atoms with Crippen LogP contribution < -0.4 is 11.1 Å². The van der Waals surface area contributed by atoms with Crippen LogP contribution in [0.1, 0.15) is 43.5 Å². The van der Waals surface area contributed by atoms with E-state index >= 15 is 0 Å². The molecule has 0 radical (unpaired) electrons. The van der Waals surface area contributed by atoms with Crippen molar-refractivity contribution >= 4 is 17.5 Å². The smallest absolute Gasteiger partial charge is 0.257 e. The number of likely N-dealkylation sites (tertiary alicyclic amines) is 1. The SMILES string of the molecule is CC(=O)Nc1ccc(F)c(C(=O)N2CCCCC2C(C)N)c1. The van der Waals surface area contributed by atoms with E-state index in [0.717, 1.165) is 19.3 Å². The molecule has 2 unspecified atom stereocenters. The fourth-order valence-electron chi connectivity index (χ4n) is 2.88. The van der Waals surface area contributed by atoms with Gasteiger partial charge in [-0.25, -0.2) is 4.39 Å². The molecule has 2 rings (SSSR count). The first-order chi connectivity index (χ1) is 10.4. The third kappa shape index (κ3) is 3.62. The molecule has 1 fully saturated rings. The van der Waals surface area contributed by atoms with Crippen LogP contribution in [0.3, 0.4) is 0 Å². The van der Waals surface area contributed by atoms with Gasteiger partial charge in [-0.05, 0) is 44.4 Å². The van der Waals surface area contributed by atoms with Crippen LogP contribution in [0, 0.1) is 5.82 Å². The summed E-state index contributed by atoms with van der Waals surface area (Å²) in [6, 6.07) is 3.78. The number of rotatable bonds is 3. The van der Waals surface area contributed by atoms with Crippen molar-refractivity contribution in [3.8, 4) is 0 Å². The Kier molecular flexibility index (Phi) is 5.13. The third-order valence-electron chi connectivity index (χ3n) is 3.93. The van der Waals surface area contributed by atoms with Crippen LogP contribution in [0.2, 0.25) is 0 Å². The minimum Gasteiger partial charge on any atom is -0.334 e. The van der Waals surface area contributed by atoms with Gasteiger partial charge in [-0.3, -0.25) is 9.59 Å². The van der Waals surface area contributed by atoms with Crippen molar-refractivity contribution in [1.82, 2.24) is 4.90 Å². The number of nitrogens with one attached hydrogen (secondary N) is 1. The van der Waals surface area contributed by atoms with Gasteiger partial charge in [-0.1, -0.05) is 0 Å². The highest BCUT2D eigenvalue weighted by Crippen LogP contribution is 2.24. The van der Waals surface area contributed by atoms with Gasteiger partial charge in [0, 0.05) is 31.2 Å². The van der Waals surface area contributed by atoms with Crippen molar-refractivity contribution in [3.63, 3.8) is 0 Å². The van der Waals surface area contributed by atoms with Gasteiger partial charge in [0.2, 0.25) is 5.91 Å². The second-order valence-electron chi connectivity index (χ2n) is 5.80. The van der Waals surface area contributed by atoms with Crippen LogP contribution in [0.5, 0.6) is 0 Å². The molecule has 1 aromatic carbocycles. The maximum absolute atomic E-state index is 14.0. The van der Waals surface area contributed by atoms with Crippen LogP contribution in [0.15, 0.2) is 18.2 Å². The minimum absolute atomic E-state index is 0.0289. The Morgan fingerprint density at radius 1 is 1.41 bits per heavy atom. The van der Waals surface area contributed by atoms with Gasteiger partial charge in [0.1, 0.15) is 5.82 Å². The first-order valence-electron chi connectivity index (χ1n) is 7.54. The van der Waals surface area contributed by atoms with Crippen molar-refractivity contribution in [2.45, 2.75) is 45.2 Å². The van der Waals surface area contributed by atoms with E-state index in [1.54, 1.807) is 4.90 Å². The van der Waals surface area contributed by atoms with Gasteiger partial charge in [0.25, 0.3) is 5.91 Å². The predicted octanol–water partition coefficient (Wildman–Crippen LogP) is 2.13. The van der Waals surface area contributed by atoms with E-state index in [1.165, 1.54) is 25.1 Å². The number of halogens is 1. The number of carbonyl (C=O) groups is 2. The van der Waals surface area contributed by atoms with Crippen molar-refractivity contribution < 1.29 is 14.0 Å². The molecule has 2 amide bonds. The van der Waals surface area contributed by atoms with Crippen molar-refractivity contribution in [1.29, 1.82) is 0 Å². The number of amides is 2. The van der Waals surface area contributed by atoms with E-state index in [-0.39, 0.29) is 29.5 Å². The number of hydrogen-bond acceptors (Lipinski definition) is 3. The summed E-state index contributed by atoms with van der Waals surface area (Å²) in [5.74, 6) is -1.23. The molecule has 1 aromatic rings. The Balaban J connectivity index is 2.29. The molecular formula is C16H22FN3O2. The molecule has 0 saturated carbocycles. The van der Waals surface area contributed by atoms with Gasteiger partial charge in [0.15, 0.2) is 0 Å². The molecule has 120 valence electrons. The Morgan fingerprint density at radius 3 is 2.77 bits per heavy atom. The van der Waals surface area contributed by atoms with Crippen molar-refractivity contribution in [2.24, 2.45) is 5.73 Å². The highest BCUT2D eigenvalue weighted by atomic mass is 19.1. The summed E-state index contributed by atoms with van der Waals surface area (Å²) in [7, 11) is 0. The van der Waals surface area contributed by atoms with Gasteiger partial charge in [-0.2, -0.15) is 0 Å². The zero-order valence-corrected chi connectivity index (χ0v) is 12.9. The molecule has 1 aliphatic rings. The van der Waals surface area contributed by atoms with Crippen molar-refractivity contribution in [2.75, 3.05) is 11.9 Å². The maximum atomic E-state index is 14.0. The average Bonchev–Trinajstić information content (AvgIpc) is 2.48. The molecule has 0 spiro atoms. The first kappa shape index (κ1) is 16.4. The molecule has 3 N–H and O–H groups in total. The lowest BCUT2D eigenvalue weighted by atomic mass is 9.96. The molecular weight excluding hydrogens is 285 g/mol. The van der Waals surface area contributed by atoms with E-state index in [0.29, 0.717) is 12.2 Å². The molecule has 6 heteroatoms. The highest BCUT2D eigenvalue weighted by molar-refractivity contribution is 5.97. The Morgan fingerprint density at radius 2 is 2.14 bits per heavy atom. The lowest BCUT2D eigenvalue weighted by molar-refractivity contribution is -0.114. The zero-order valence-electron chi connectivity index (χ0n) is 12.9. The third-order valence-corrected chi connectivity index (χ3v) is 3.93. The van der Waals surface area contributed by atoms with Crippen molar-refractivity contribution in [3.05, 3.63) is 29.6 Å². The minimum atomic E-state index is -0.590. The summed E-state index contributed by atoms with van der Waals surface area (Å²) >= 11 is 0. The number of anilines is 1. The maximum Gasteiger partial charge on any atom is 0.257 e. The number of benzene rings is 1. The normalized spacial score (nSPS) is 19.6. The molecule has 5 nitrogen and oxygen atoms in total. The number of nitrogens with zero attached hydrogens (tertiary/aromatic N) is 1. The summed E-state index contributed by atoms with van der Waals surface area (Å²) in [4.78, 5) is 25.5. The molecule has 1 heterocycles. The first-order valence-corrected chi connectivity index (χ1v) is 7.54. The summed E-state index contributed by atoms with van der Waals surface area (Å²) in [6.45, 7) is 3.80. The number of piperidine rings is 1. The second kappa shape index (κ2) is 6.87. The molecule has 22 heavy (non-hydrogen) atoms. The van der Waals surface area contributed by atoms with Gasteiger partial charge >= 0.3 is 0 Å². The molecule has 0 aromatic heterocycles. The van der Waals surface area contributed by atoms with Crippen LogP contribution >= 0.6 is 0 Å². The van der Waals surface area contributed by atoms with Crippen LogP contribution in [-0.4, -0.2) is 35.3 Å². The van der Waals surface area contributed by atoms with Gasteiger partial charge in [-0.15, -0.1) is 0 Å². The summed E-state index contributed by atoms with van der Waals surface area (Å²) in [5.41, 5.74) is 6.34. The van der Waals surface area contributed by atoms with E-state index in [1.807, 2.05) is 6.92 Å². The lowest BCUT2D eigenvalue weighted by Crippen LogP contribution is -2.51. The second-order valence-corrected chi connectivity index (χ2v) is 5.80. The highest BCUT2D eigenvalue weighted by Gasteiger charge is 2.31. The van der Waals surface area contributed by atoms with Crippen LogP contribution in [0.25, 0.3) is 0 Å². The molecule has 2 atom stereocenters. The summed E-state index contributed by atoms with van der Waals surface area (Å²) in [5, 5.41) is 2.56. The fourth-order valence-corrected chi connectivity index (χ4v) is 2.88. The fraction of sp³-hybridized carbons (Fsp3) is 0.500.